The molecule has 0 radical (unpaired) electrons. The summed E-state index contributed by atoms with van der Waals surface area (Å²) in [5.74, 6) is -0.588. The Balaban J connectivity index is 0.00000191. The first-order chi connectivity index (χ1) is 10.0. The van der Waals surface area contributed by atoms with Crippen molar-refractivity contribution in [3.63, 3.8) is 0 Å². The van der Waals surface area contributed by atoms with Gasteiger partial charge < -0.3 is 24.1 Å². The van der Waals surface area contributed by atoms with Crippen LogP contribution in [-0.2, 0) is 23.7 Å². The average molecular weight is 302 g/mol. The molecule has 1 saturated heterocycles. The van der Waals surface area contributed by atoms with E-state index in [2.05, 4.69) is 6.58 Å². The van der Waals surface area contributed by atoms with Crippen molar-refractivity contribution in [2.24, 2.45) is 0 Å². The molecule has 1 rings (SSSR count). The lowest BCUT2D eigenvalue weighted by molar-refractivity contribution is -0.293. The van der Waals surface area contributed by atoms with Gasteiger partial charge in [-0.2, -0.15) is 0 Å². The molecule has 5 atom stereocenters. The van der Waals surface area contributed by atoms with Crippen LogP contribution in [-0.4, -0.2) is 56.0 Å². The van der Waals surface area contributed by atoms with Crippen LogP contribution >= 0.6 is 0 Å². The molecule has 0 bridgehead atoms. The first-order valence-corrected chi connectivity index (χ1v) is 6.94. The van der Waals surface area contributed by atoms with E-state index in [1.807, 2.05) is 13.8 Å². The second kappa shape index (κ2) is 10.5. The van der Waals surface area contributed by atoms with Crippen LogP contribution in [0, 0.1) is 0 Å². The van der Waals surface area contributed by atoms with Crippen LogP contribution in [0.4, 0.5) is 0 Å². The van der Waals surface area contributed by atoms with Crippen LogP contribution in [0.1, 0.15) is 20.8 Å². The maximum atomic E-state index is 11.6. The molecule has 6 heteroatoms. The summed E-state index contributed by atoms with van der Waals surface area (Å²) in [5, 5.41) is 10.0. The van der Waals surface area contributed by atoms with Crippen molar-refractivity contribution in [2.75, 3.05) is 14.2 Å². The van der Waals surface area contributed by atoms with Gasteiger partial charge in [0.25, 0.3) is 0 Å². The Kier molecular flexibility index (Phi) is 9.90. The molecule has 0 aromatic rings. The molecule has 1 fully saturated rings. The largest absolute Gasteiger partial charge is 0.453 e. The Hall–Kier alpha value is -1.21. The van der Waals surface area contributed by atoms with Crippen LogP contribution in [0.25, 0.3) is 0 Å². The SMILES string of the molecule is C=C/C=C\C(=O)OC1C(O)C(C)OC(OC)C1OC.CC. The summed E-state index contributed by atoms with van der Waals surface area (Å²) in [6, 6.07) is 0. The summed E-state index contributed by atoms with van der Waals surface area (Å²) >= 11 is 0. The lowest BCUT2D eigenvalue weighted by Gasteiger charge is -2.41. The Labute approximate surface area is 126 Å². The number of hydrogen-bond donors (Lipinski definition) is 1. The molecular weight excluding hydrogens is 276 g/mol. The molecule has 0 aromatic heterocycles. The molecular formula is C15H26O6. The van der Waals surface area contributed by atoms with E-state index < -0.39 is 36.7 Å². The van der Waals surface area contributed by atoms with E-state index in [-0.39, 0.29) is 0 Å². The van der Waals surface area contributed by atoms with Crippen molar-refractivity contribution >= 4 is 5.97 Å². The lowest BCUT2D eigenvalue weighted by Crippen LogP contribution is -2.59. The van der Waals surface area contributed by atoms with Gasteiger partial charge in [0.15, 0.2) is 12.4 Å². The number of esters is 1. The van der Waals surface area contributed by atoms with Crippen molar-refractivity contribution < 1.29 is 28.8 Å². The van der Waals surface area contributed by atoms with Crippen LogP contribution in [0.5, 0.6) is 0 Å². The zero-order chi connectivity index (χ0) is 16.4. The van der Waals surface area contributed by atoms with E-state index >= 15 is 0 Å². The monoisotopic (exact) mass is 302 g/mol. The lowest BCUT2D eigenvalue weighted by atomic mass is 9.99. The molecule has 6 nitrogen and oxygen atoms in total. The van der Waals surface area contributed by atoms with Gasteiger partial charge in [0.1, 0.15) is 12.2 Å². The minimum atomic E-state index is -0.988. The molecule has 5 unspecified atom stereocenters. The fourth-order valence-corrected chi connectivity index (χ4v) is 1.88. The molecule has 0 amide bonds. The van der Waals surface area contributed by atoms with E-state index in [1.165, 1.54) is 32.4 Å². The smallest absolute Gasteiger partial charge is 0.331 e. The molecule has 1 heterocycles. The minimum absolute atomic E-state index is 0.530. The minimum Gasteiger partial charge on any atom is -0.453 e. The van der Waals surface area contributed by atoms with Crippen molar-refractivity contribution in [1.82, 2.24) is 0 Å². The molecule has 0 aromatic carbocycles. The van der Waals surface area contributed by atoms with Crippen LogP contribution in [0.15, 0.2) is 24.8 Å². The predicted octanol–water partition coefficient (Wildman–Crippen LogP) is 1.43. The number of carbonyl (C=O) groups excluding carboxylic acids is 1. The van der Waals surface area contributed by atoms with Crippen molar-refractivity contribution in [3.05, 3.63) is 24.8 Å². The zero-order valence-electron chi connectivity index (χ0n) is 13.3. The average Bonchev–Trinajstić information content (AvgIpc) is 2.51. The second-order valence-electron chi connectivity index (χ2n) is 4.13. The van der Waals surface area contributed by atoms with Gasteiger partial charge in [0.05, 0.1) is 6.10 Å². The number of ether oxygens (including phenoxy) is 4. The molecule has 1 aliphatic rings. The fourth-order valence-electron chi connectivity index (χ4n) is 1.88. The highest BCUT2D eigenvalue weighted by Crippen LogP contribution is 2.25. The predicted molar refractivity (Wildman–Crippen MR) is 78.7 cm³/mol. The Morgan fingerprint density at radius 2 is 1.86 bits per heavy atom. The van der Waals surface area contributed by atoms with Crippen LogP contribution in [0.2, 0.25) is 0 Å². The molecule has 1 aliphatic heterocycles. The normalized spacial score (nSPS) is 32.2. The van der Waals surface area contributed by atoms with Gasteiger partial charge in [0.2, 0.25) is 0 Å². The van der Waals surface area contributed by atoms with Crippen molar-refractivity contribution in [3.8, 4) is 0 Å². The zero-order valence-corrected chi connectivity index (χ0v) is 13.3. The van der Waals surface area contributed by atoms with E-state index in [9.17, 15) is 9.90 Å². The quantitative estimate of drug-likeness (QED) is 0.470. The molecule has 0 spiro atoms. The number of hydrogen-bond acceptors (Lipinski definition) is 6. The summed E-state index contributed by atoms with van der Waals surface area (Å²) in [4.78, 5) is 11.6. The number of methoxy groups -OCH3 is 2. The number of aliphatic hydroxyl groups is 1. The molecule has 0 aliphatic carbocycles. The maximum Gasteiger partial charge on any atom is 0.331 e. The number of aliphatic hydroxyl groups excluding tert-OH is 1. The highest BCUT2D eigenvalue weighted by Gasteiger charge is 2.46. The third-order valence-electron chi connectivity index (χ3n) is 2.88. The topological polar surface area (TPSA) is 74.2 Å². The van der Waals surface area contributed by atoms with E-state index in [0.717, 1.165) is 0 Å². The first kappa shape index (κ1) is 19.8. The molecule has 0 saturated carbocycles. The summed E-state index contributed by atoms with van der Waals surface area (Å²) in [7, 11) is 2.89. The second-order valence-corrected chi connectivity index (χ2v) is 4.13. The summed E-state index contributed by atoms with van der Waals surface area (Å²) in [5.41, 5.74) is 0. The van der Waals surface area contributed by atoms with E-state index in [0.29, 0.717) is 0 Å². The fraction of sp³-hybridized carbons (Fsp3) is 0.667. The first-order valence-electron chi connectivity index (χ1n) is 6.94. The Bertz CT molecular complexity index is 341. The number of allylic oxidation sites excluding steroid dienone is 2. The summed E-state index contributed by atoms with van der Waals surface area (Å²) in [6.45, 7) is 9.12. The number of carbonyl (C=O) groups is 1. The Morgan fingerprint density at radius 3 is 2.33 bits per heavy atom. The molecule has 21 heavy (non-hydrogen) atoms. The highest BCUT2D eigenvalue weighted by molar-refractivity contribution is 5.82. The van der Waals surface area contributed by atoms with Gasteiger partial charge in [-0.25, -0.2) is 4.79 Å². The van der Waals surface area contributed by atoms with Crippen molar-refractivity contribution in [2.45, 2.75) is 51.5 Å². The molecule has 1 N–H and O–H groups in total. The third kappa shape index (κ3) is 5.59. The van der Waals surface area contributed by atoms with Gasteiger partial charge in [-0.1, -0.05) is 32.6 Å². The molecule has 122 valence electrons. The van der Waals surface area contributed by atoms with Gasteiger partial charge in [-0.05, 0) is 6.92 Å². The van der Waals surface area contributed by atoms with Gasteiger partial charge in [-0.15, -0.1) is 0 Å². The van der Waals surface area contributed by atoms with E-state index in [4.69, 9.17) is 18.9 Å². The summed E-state index contributed by atoms with van der Waals surface area (Å²) in [6.07, 6.45) is 0.342. The van der Waals surface area contributed by atoms with Gasteiger partial charge >= 0.3 is 5.97 Å². The highest BCUT2D eigenvalue weighted by atomic mass is 16.7. The third-order valence-corrected chi connectivity index (χ3v) is 2.88. The van der Waals surface area contributed by atoms with Crippen LogP contribution < -0.4 is 0 Å². The van der Waals surface area contributed by atoms with Crippen molar-refractivity contribution in [1.29, 1.82) is 0 Å². The standard InChI is InChI=1S/C13H20O6.C2H6/c1-5-6-7-9(14)19-11-10(15)8(2)18-13(17-4)12(11)16-3;1-2/h5-8,10-13,15H,1H2,2-4H3;1-2H3/b7-6-;. The van der Waals surface area contributed by atoms with Gasteiger partial charge in [0, 0.05) is 20.3 Å². The maximum absolute atomic E-state index is 11.6. The number of rotatable bonds is 5. The van der Waals surface area contributed by atoms with E-state index in [1.54, 1.807) is 6.92 Å². The Morgan fingerprint density at radius 1 is 1.24 bits per heavy atom. The van der Waals surface area contributed by atoms with Gasteiger partial charge in [-0.3, -0.25) is 0 Å². The van der Waals surface area contributed by atoms with Crippen LogP contribution in [0.3, 0.4) is 0 Å². The summed E-state index contributed by atoms with van der Waals surface area (Å²) < 4.78 is 20.9.